The summed E-state index contributed by atoms with van der Waals surface area (Å²) in [5.41, 5.74) is 4.29. The normalized spacial score (nSPS) is 10.5. The van der Waals surface area contributed by atoms with Gasteiger partial charge in [0, 0.05) is 23.0 Å². The van der Waals surface area contributed by atoms with E-state index in [2.05, 4.69) is 15.4 Å². The average Bonchev–Trinajstić information content (AvgIpc) is 2.79. The quantitative estimate of drug-likeness (QED) is 0.296. The molecule has 0 atom stereocenters. The van der Waals surface area contributed by atoms with Crippen LogP contribution in [0.2, 0.25) is 0 Å². The Morgan fingerprint density at radius 2 is 2.11 bits per heavy atom. The Balaban J connectivity index is 2.05. The van der Waals surface area contributed by atoms with Crippen LogP contribution in [-0.2, 0) is 5.75 Å². The molecule has 0 fully saturated rings. The van der Waals surface area contributed by atoms with Crippen molar-refractivity contribution in [3.8, 4) is 0 Å². The summed E-state index contributed by atoms with van der Waals surface area (Å²) in [5.74, 6) is 5.61. The first kappa shape index (κ1) is 14.0. The number of rotatable bonds is 4. The van der Waals surface area contributed by atoms with Gasteiger partial charge in [0.25, 0.3) is 5.91 Å². The molecular formula is C12H14N4OS2. The van der Waals surface area contributed by atoms with E-state index in [-0.39, 0.29) is 5.91 Å². The third kappa shape index (κ3) is 3.52. The van der Waals surface area contributed by atoms with Crippen LogP contribution >= 0.6 is 23.1 Å². The minimum absolute atomic E-state index is 0.254. The summed E-state index contributed by atoms with van der Waals surface area (Å²) in [5, 5.41) is 0.737. The van der Waals surface area contributed by atoms with E-state index in [1.54, 1.807) is 24.2 Å². The first-order valence-corrected chi connectivity index (χ1v) is 7.42. The van der Waals surface area contributed by atoms with Crippen LogP contribution < -0.4 is 11.3 Å². The third-order valence-corrected chi connectivity index (χ3v) is 4.51. The molecule has 0 aliphatic heterocycles. The first-order valence-electron chi connectivity index (χ1n) is 5.62. The second-order valence-electron chi connectivity index (χ2n) is 4.00. The summed E-state index contributed by atoms with van der Waals surface area (Å²) in [4.78, 5) is 21.6. The van der Waals surface area contributed by atoms with E-state index in [0.29, 0.717) is 4.88 Å². The molecule has 1 amide bonds. The Labute approximate surface area is 119 Å². The fourth-order valence-electron chi connectivity index (χ4n) is 1.44. The largest absolute Gasteiger partial charge is 0.289 e. The SMILES string of the molecule is Cc1cnc(SCc2cc(C(=O)NN)sc2C)nc1. The molecule has 2 aromatic rings. The van der Waals surface area contributed by atoms with Crippen LogP contribution in [0.5, 0.6) is 0 Å². The summed E-state index contributed by atoms with van der Waals surface area (Å²) in [6.45, 7) is 3.94. The van der Waals surface area contributed by atoms with E-state index in [1.165, 1.54) is 11.3 Å². The van der Waals surface area contributed by atoms with Crippen molar-refractivity contribution in [2.75, 3.05) is 0 Å². The Morgan fingerprint density at radius 1 is 1.42 bits per heavy atom. The molecule has 0 saturated heterocycles. The minimum atomic E-state index is -0.254. The molecule has 2 rings (SSSR count). The van der Waals surface area contributed by atoms with Gasteiger partial charge in [0.15, 0.2) is 5.16 Å². The van der Waals surface area contributed by atoms with Crippen molar-refractivity contribution < 1.29 is 4.79 Å². The van der Waals surface area contributed by atoms with Crippen LogP contribution in [0.3, 0.4) is 0 Å². The molecule has 5 nitrogen and oxygen atoms in total. The van der Waals surface area contributed by atoms with Gasteiger partial charge in [-0.2, -0.15) is 0 Å². The van der Waals surface area contributed by atoms with Crippen molar-refractivity contribution in [1.29, 1.82) is 0 Å². The lowest BCUT2D eigenvalue weighted by molar-refractivity contribution is 0.0957. The highest BCUT2D eigenvalue weighted by Gasteiger charge is 2.11. The highest BCUT2D eigenvalue weighted by atomic mass is 32.2. The van der Waals surface area contributed by atoms with Crippen molar-refractivity contribution in [2.24, 2.45) is 5.84 Å². The number of thiophene rings is 1. The van der Waals surface area contributed by atoms with E-state index in [1.807, 2.05) is 19.9 Å². The molecule has 2 aromatic heterocycles. The second-order valence-corrected chi connectivity index (χ2v) is 6.20. The van der Waals surface area contributed by atoms with Crippen molar-refractivity contribution in [1.82, 2.24) is 15.4 Å². The van der Waals surface area contributed by atoms with Crippen molar-refractivity contribution >= 4 is 29.0 Å². The monoisotopic (exact) mass is 294 g/mol. The molecule has 0 aliphatic rings. The van der Waals surface area contributed by atoms with Gasteiger partial charge in [0.05, 0.1) is 4.88 Å². The fourth-order valence-corrected chi connectivity index (χ4v) is 3.32. The van der Waals surface area contributed by atoms with E-state index >= 15 is 0 Å². The van der Waals surface area contributed by atoms with Crippen LogP contribution in [0.4, 0.5) is 0 Å². The molecule has 2 heterocycles. The smallest absolute Gasteiger partial charge is 0.275 e. The van der Waals surface area contributed by atoms with Gasteiger partial charge in [-0.3, -0.25) is 10.2 Å². The standard InChI is InChI=1S/C12H14N4OS2/c1-7-4-14-12(15-5-7)18-6-9-3-10(11(17)16-13)19-8(9)2/h3-5H,6,13H2,1-2H3,(H,16,17). The maximum Gasteiger partial charge on any atom is 0.275 e. The van der Waals surface area contributed by atoms with E-state index < -0.39 is 0 Å². The lowest BCUT2D eigenvalue weighted by atomic mass is 10.3. The van der Waals surface area contributed by atoms with Crippen molar-refractivity contribution in [2.45, 2.75) is 24.8 Å². The van der Waals surface area contributed by atoms with Gasteiger partial charge in [0.1, 0.15) is 0 Å². The number of aromatic nitrogens is 2. The summed E-state index contributed by atoms with van der Waals surface area (Å²) >= 11 is 2.99. The fraction of sp³-hybridized carbons (Fsp3) is 0.250. The van der Waals surface area contributed by atoms with Gasteiger partial charge >= 0.3 is 0 Å². The predicted molar refractivity (Wildman–Crippen MR) is 77.0 cm³/mol. The molecule has 0 spiro atoms. The van der Waals surface area contributed by atoms with Crippen LogP contribution in [0.1, 0.15) is 25.7 Å². The Bertz CT molecular complexity index is 580. The molecule has 3 N–H and O–H groups in total. The Morgan fingerprint density at radius 3 is 2.74 bits per heavy atom. The molecule has 100 valence electrons. The molecule has 19 heavy (non-hydrogen) atoms. The third-order valence-electron chi connectivity index (χ3n) is 2.49. The number of hydrazine groups is 1. The van der Waals surface area contributed by atoms with Crippen LogP contribution in [0.25, 0.3) is 0 Å². The molecule has 0 aliphatic carbocycles. The molecular weight excluding hydrogens is 280 g/mol. The van der Waals surface area contributed by atoms with Crippen LogP contribution in [0.15, 0.2) is 23.6 Å². The number of nitrogens with zero attached hydrogens (tertiary/aromatic N) is 2. The number of thioether (sulfide) groups is 1. The molecule has 7 heteroatoms. The molecule has 0 saturated carbocycles. The van der Waals surface area contributed by atoms with Crippen LogP contribution in [-0.4, -0.2) is 15.9 Å². The van der Waals surface area contributed by atoms with E-state index in [4.69, 9.17) is 5.84 Å². The Hall–Kier alpha value is -1.44. The number of amides is 1. The van der Waals surface area contributed by atoms with Crippen molar-refractivity contribution in [3.05, 3.63) is 39.3 Å². The zero-order valence-corrected chi connectivity index (χ0v) is 12.3. The zero-order valence-electron chi connectivity index (χ0n) is 10.6. The second kappa shape index (κ2) is 6.14. The van der Waals surface area contributed by atoms with Crippen LogP contribution in [0, 0.1) is 13.8 Å². The number of nitrogens with two attached hydrogens (primary N) is 1. The van der Waals surface area contributed by atoms with Gasteiger partial charge in [0.2, 0.25) is 0 Å². The summed E-state index contributed by atoms with van der Waals surface area (Å²) in [6.07, 6.45) is 3.59. The first-order chi connectivity index (χ1) is 9.10. The van der Waals surface area contributed by atoms with Gasteiger partial charge in [-0.1, -0.05) is 11.8 Å². The average molecular weight is 294 g/mol. The number of nitrogens with one attached hydrogen (secondary N) is 1. The lowest BCUT2D eigenvalue weighted by Crippen LogP contribution is -2.29. The molecule has 0 unspecified atom stereocenters. The lowest BCUT2D eigenvalue weighted by Gasteiger charge is -1.99. The highest BCUT2D eigenvalue weighted by molar-refractivity contribution is 7.98. The maximum atomic E-state index is 11.4. The topological polar surface area (TPSA) is 80.9 Å². The Kier molecular flexibility index (Phi) is 4.52. The number of hydrogen-bond donors (Lipinski definition) is 2. The zero-order chi connectivity index (χ0) is 13.8. The minimum Gasteiger partial charge on any atom is -0.289 e. The van der Waals surface area contributed by atoms with Gasteiger partial charge in [-0.25, -0.2) is 15.8 Å². The number of carbonyl (C=O) groups is 1. The predicted octanol–water partition coefficient (Wildman–Crippen LogP) is 2.05. The van der Waals surface area contributed by atoms with Gasteiger partial charge in [-0.05, 0) is 31.0 Å². The summed E-state index contributed by atoms with van der Waals surface area (Å²) in [7, 11) is 0. The van der Waals surface area contributed by atoms with Crippen molar-refractivity contribution in [3.63, 3.8) is 0 Å². The summed E-state index contributed by atoms with van der Waals surface area (Å²) < 4.78 is 0. The maximum absolute atomic E-state index is 11.4. The molecule has 0 aromatic carbocycles. The highest BCUT2D eigenvalue weighted by Crippen LogP contribution is 2.27. The number of hydrogen-bond acceptors (Lipinski definition) is 6. The van der Waals surface area contributed by atoms with Gasteiger partial charge in [-0.15, -0.1) is 11.3 Å². The molecule has 0 bridgehead atoms. The number of carbonyl (C=O) groups excluding carboxylic acids is 1. The number of nitrogen functional groups attached to an aromatic ring is 1. The van der Waals surface area contributed by atoms with Gasteiger partial charge < -0.3 is 0 Å². The van der Waals surface area contributed by atoms with E-state index in [0.717, 1.165) is 26.9 Å². The summed E-state index contributed by atoms with van der Waals surface area (Å²) in [6, 6.07) is 1.86. The molecule has 0 radical (unpaired) electrons. The van der Waals surface area contributed by atoms with E-state index in [9.17, 15) is 4.79 Å². The number of aryl methyl sites for hydroxylation is 2.